The van der Waals surface area contributed by atoms with Crippen LogP contribution in [0.3, 0.4) is 0 Å². The van der Waals surface area contributed by atoms with E-state index in [-0.39, 0.29) is 0 Å². The molecule has 1 atom stereocenters. The van der Waals surface area contributed by atoms with Crippen LogP contribution in [0.5, 0.6) is 11.5 Å². The number of carbonyl (C=O) groups is 2. The van der Waals surface area contributed by atoms with E-state index in [1.165, 1.54) is 7.11 Å². The number of benzene rings is 2. The van der Waals surface area contributed by atoms with Gasteiger partial charge in [0, 0.05) is 29.1 Å². The van der Waals surface area contributed by atoms with E-state index in [2.05, 4.69) is 10.6 Å². The number of methoxy groups -OCH3 is 3. The summed E-state index contributed by atoms with van der Waals surface area (Å²) in [6.45, 7) is 1.67. The molecule has 0 radical (unpaired) electrons. The summed E-state index contributed by atoms with van der Waals surface area (Å²) >= 11 is 0. The van der Waals surface area contributed by atoms with Gasteiger partial charge in [0.05, 0.1) is 44.3 Å². The molecule has 0 bridgehead atoms. The maximum atomic E-state index is 12.6. The van der Waals surface area contributed by atoms with E-state index in [4.69, 9.17) is 19.3 Å². The van der Waals surface area contributed by atoms with E-state index in [1.807, 2.05) is 36.4 Å². The van der Waals surface area contributed by atoms with Gasteiger partial charge in [-0.05, 0) is 19.1 Å². The minimum Gasteiger partial charge on any atom is -0.493 e. The summed E-state index contributed by atoms with van der Waals surface area (Å²) in [7, 11) is 4.44. The summed E-state index contributed by atoms with van der Waals surface area (Å²) in [5.74, 6) is 0.603. The van der Waals surface area contributed by atoms with Crippen LogP contribution in [0.2, 0.25) is 0 Å². The highest BCUT2D eigenvalue weighted by molar-refractivity contribution is 5.95. The first-order chi connectivity index (χ1) is 16.0. The number of carbonyl (C=O) groups excluding carboxylic acids is 2. The molecule has 2 N–H and O–H groups in total. The minimum atomic E-state index is -0.754. The lowest BCUT2D eigenvalue weighted by atomic mass is 9.94. The van der Waals surface area contributed by atoms with Gasteiger partial charge in [0.25, 0.3) is 0 Å². The van der Waals surface area contributed by atoms with Crippen molar-refractivity contribution in [2.75, 3.05) is 21.3 Å². The largest absolute Gasteiger partial charge is 0.493 e. The number of hydrogen-bond acceptors (Lipinski definition) is 6. The molecule has 0 fully saturated rings. The van der Waals surface area contributed by atoms with Crippen molar-refractivity contribution in [1.29, 1.82) is 0 Å². The highest BCUT2D eigenvalue weighted by atomic mass is 16.5. The molecular formula is C24H24N4O5. The smallest absolute Gasteiger partial charge is 0.337 e. The normalized spacial score (nSPS) is 15.5. The van der Waals surface area contributed by atoms with Gasteiger partial charge in [0.15, 0.2) is 11.5 Å². The minimum absolute atomic E-state index is 0.307. The molecule has 4 rings (SSSR count). The Bertz CT molecular complexity index is 1230. The molecule has 2 amide bonds. The van der Waals surface area contributed by atoms with Gasteiger partial charge in [-0.25, -0.2) is 14.3 Å². The lowest BCUT2D eigenvalue weighted by Gasteiger charge is -2.27. The molecule has 0 spiro atoms. The number of urea groups is 1. The monoisotopic (exact) mass is 448 g/mol. The van der Waals surface area contributed by atoms with Crippen LogP contribution in [-0.4, -0.2) is 43.1 Å². The third kappa shape index (κ3) is 4.12. The Morgan fingerprint density at radius 2 is 1.76 bits per heavy atom. The van der Waals surface area contributed by atoms with Gasteiger partial charge in [-0.1, -0.05) is 30.3 Å². The van der Waals surface area contributed by atoms with Crippen molar-refractivity contribution in [1.82, 2.24) is 20.4 Å². The second-order valence-electron chi connectivity index (χ2n) is 7.34. The van der Waals surface area contributed by atoms with E-state index < -0.39 is 18.0 Å². The fraction of sp³-hybridized carbons (Fsp3) is 0.208. The Morgan fingerprint density at radius 3 is 2.42 bits per heavy atom. The molecule has 1 aromatic heterocycles. The topological polar surface area (TPSA) is 104 Å². The van der Waals surface area contributed by atoms with Crippen molar-refractivity contribution < 1.29 is 23.8 Å². The summed E-state index contributed by atoms with van der Waals surface area (Å²) in [6.07, 6.45) is 1.79. The number of allylic oxidation sites excluding steroid dienone is 1. The zero-order chi connectivity index (χ0) is 23.5. The van der Waals surface area contributed by atoms with Gasteiger partial charge in [0.2, 0.25) is 0 Å². The average Bonchev–Trinajstić information content (AvgIpc) is 3.28. The maximum absolute atomic E-state index is 12.6. The molecule has 2 heterocycles. The molecule has 0 unspecified atom stereocenters. The number of nitrogens with one attached hydrogen (secondary N) is 2. The second kappa shape index (κ2) is 9.07. The molecule has 0 aliphatic carbocycles. The van der Waals surface area contributed by atoms with E-state index in [9.17, 15) is 9.59 Å². The van der Waals surface area contributed by atoms with Gasteiger partial charge in [-0.15, -0.1) is 0 Å². The van der Waals surface area contributed by atoms with Crippen LogP contribution in [0.4, 0.5) is 4.79 Å². The van der Waals surface area contributed by atoms with Crippen molar-refractivity contribution in [2.45, 2.75) is 13.0 Å². The lowest BCUT2D eigenvalue weighted by molar-refractivity contribution is -0.136. The molecule has 33 heavy (non-hydrogen) atoms. The summed E-state index contributed by atoms with van der Waals surface area (Å²) in [5, 5.41) is 10.3. The lowest BCUT2D eigenvalue weighted by Crippen LogP contribution is -2.45. The number of esters is 1. The standard InChI is InChI=1S/C24H24N4O5/c1-14-20(23(29)33-4)22(26-24(30)25-14)17-13-28(27-21(17)15-8-6-5-7-9-15)16-10-11-18(31-2)19(12-16)32-3/h5-13,22H,1-4H3,(H2,25,26,30)/t22-/m1/s1. The highest BCUT2D eigenvalue weighted by Crippen LogP contribution is 2.36. The summed E-state index contributed by atoms with van der Waals surface area (Å²) in [6, 6.07) is 13.8. The van der Waals surface area contributed by atoms with Crippen LogP contribution >= 0.6 is 0 Å². The number of aromatic nitrogens is 2. The Morgan fingerprint density at radius 1 is 1.03 bits per heavy atom. The van der Waals surface area contributed by atoms with Crippen LogP contribution in [0.15, 0.2) is 66.0 Å². The van der Waals surface area contributed by atoms with Gasteiger partial charge < -0.3 is 24.8 Å². The third-order valence-electron chi connectivity index (χ3n) is 5.41. The number of ether oxygens (including phenoxy) is 3. The predicted molar refractivity (Wildman–Crippen MR) is 121 cm³/mol. The summed E-state index contributed by atoms with van der Waals surface area (Å²) in [5.41, 5.74) is 3.55. The van der Waals surface area contributed by atoms with E-state index >= 15 is 0 Å². The molecule has 2 aromatic carbocycles. The predicted octanol–water partition coefficient (Wildman–Crippen LogP) is 3.36. The molecule has 170 valence electrons. The van der Waals surface area contributed by atoms with Crippen LogP contribution in [-0.2, 0) is 9.53 Å². The van der Waals surface area contributed by atoms with Gasteiger partial charge in [-0.2, -0.15) is 5.10 Å². The first-order valence-electron chi connectivity index (χ1n) is 10.2. The van der Waals surface area contributed by atoms with Crippen molar-refractivity contribution in [3.05, 3.63) is 71.6 Å². The Kier molecular flexibility index (Phi) is 6.03. The molecule has 1 aliphatic heterocycles. The molecule has 0 saturated heterocycles. The van der Waals surface area contributed by atoms with Crippen LogP contribution < -0.4 is 20.1 Å². The Labute approximate surface area is 191 Å². The Hall–Kier alpha value is -4.27. The molecule has 0 saturated carbocycles. The SMILES string of the molecule is COC(=O)C1=C(C)NC(=O)N[C@@H]1c1cn(-c2ccc(OC)c(OC)c2)nc1-c1ccccc1. The van der Waals surface area contributed by atoms with Crippen molar-refractivity contribution in [2.24, 2.45) is 0 Å². The fourth-order valence-electron chi connectivity index (χ4n) is 3.83. The van der Waals surface area contributed by atoms with E-state index in [1.54, 1.807) is 44.2 Å². The van der Waals surface area contributed by atoms with Gasteiger partial charge in [-0.3, -0.25) is 0 Å². The maximum Gasteiger partial charge on any atom is 0.337 e. The Balaban J connectivity index is 1.91. The first-order valence-corrected chi connectivity index (χ1v) is 10.2. The third-order valence-corrected chi connectivity index (χ3v) is 5.41. The van der Waals surface area contributed by atoms with E-state index in [0.29, 0.717) is 34.0 Å². The van der Waals surface area contributed by atoms with Crippen molar-refractivity contribution >= 4 is 12.0 Å². The van der Waals surface area contributed by atoms with Crippen molar-refractivity contribution in [3.8, 4) is 28.4 Å². The van der Waals surface area contributed by atoms with Gasteiger partial charge >= 0.3 is 12.0 Å². The zero-order valence-electron chi connectivity index (χ0n) is 18.7. The first kappa shape index (κ1) is 21.9. The number of amides is 2. The van der Waals surface area contributed by atoms with Crippen molar-refractivity contribution in [3.63, 3.8) is 0 Å². The number of hydrogen-bond donors (Lipinski definition) is 2. The highest BCUT2D eigenvalue weighted by Gasteiger charge is 2.35. The molecule has 1 aliphatic rings. The van der Waals surface area contributed by atoms with Crippen LogP contribution in [0, 0.1) is 0 Å². The second-order valence-corrected chi connectivity index (χ2v) is 7.34. The quantitative estimate of drug-likeness (QED) is 0.561. The van der Waals surface area contributed by atoms with Crippen LogP contribution in [0.25, 0.3) is 16.9 Å². The average molecular weight is 448 g/mol. The number of nitrogens with zero attached hydrogens (tertiary/aromatic N) is 2. The zero-order valence-corrected chi connectivity index (χ0v) is 18.7. The van der Waals surface area contributed by atoms with Crippen LogP contribution in [0.1, 0.15) is 18.5 Å². The summed E-state index contributed by atoms with van der Waals surface area (Å²) in [4.78, 5) is 24.9. The molecular weight excluding hydrogens is 424 g/mol. The molecule has 9 heteroatoms. The molecule has 9 nitrogen and oxygen atoms in total. The fourth-order valence-corrected chi connectivity index (χ4v) is 3.83. The molecule has 3 aromatic rings. The van der Waals surface area contributed by atoms with Gasteiger partial charge in [0.1, 0.15) is 0 Å². The summed E-state index contributed by atoms with van der Waals surface area (Å²) < 4.78 is 17.4. The van der Waals surface area contributed by atoms with E-state index in [0.717, 1.165) is 11.3 Å². The number of rotatable bonds is 6.